The molecular formula is C12H14O3. The molecule has 0 fully saturated rings. The molecule has 0 bridgehead atoms. The molecule has 0 amide bonds. The van der Waals surface area contributed by atoms with E-state index in [1.165, 1.54) is 5.56 Å². The lowest BCUT2D eigenvalue weighted by atomic mass is 10.0. The van der Waals surface area contributed by atoms with Gasteiger partial charge in [0.2, 0.25) is 0 Å². The minimum Gasteiger partial charge on any atom is -0.466 e. The molecule has 1 aliphatic heterocycles. The largest absolute Gasteiger partial charge is 0.466 e. The highest BCUT2D eigenvalue weighted by Crippen LogP contribution is 2.32. The van der Waals surface area contributed by atoms with Gasteiger partial charge in [-0.2, -0.15) is 0 Å². The van der Waals surface area contributed by atoms with Crippen LogP contribution in [0.3, 0.4) is 0 Å². The van der Waals surface area contributed by atoms with Crippen LogP contribution >= 0.6 is 0 Å². The molecule has 0 N–H and O–H groups in total. The summed E-state index contributed by atoms with van der Waals surface area (Å²) in [6.45, 7) is 2.83. The Labute approximate surface area is 89.0 Å². The number of hydrogen-bond donors (Lipinski definition) is 0. The molecule has 1 aromatic rings. The highest BCUT2D eigenvalue weighted by molar-refractivity contribution is 5.70. The maximum Gasteiger partial charge on any atom is 0.308 e. The second-order valence-corrected chi connectivity index (χ2v) is 3.51. The highest BCUT2D eigenvalue weighted by atomic mass is 16.5. The first kappa shape index (κ1) is 10.2. The van der Waals surface area contributed by atoms with E-state index in [1.54, 1.807) is 6.92 Å². The third-order valence-electron chi connectivity index (χ3n) is 2.50. The maximum absolute atomic E-state index is 11.3. The van der Waals surface area contributed by atoms with Crippen molar-refractivity contribution in [3.63, 3.8) is 0 Å². The number of hydrogen-bond acceptors (Lipinski definition) is 3. The van der Waals surface area contributed by atoms with Crippen molar-refractivity contribution in [2.24, 2.45) is 0 Å². The average Bonchev–Trinajstić information content (AvgIpc) is 2.62. The van der Waals surface area contributed by atoms with E-state index < -0.39 is 0 Å². The van der Waals surface area contributed by atoms with Crippen LogP contribution < -0.4 is 0 Å². The molecule has 0 aliphatic carbocycles. The zero-order valence-electron chi connectivity index (χ0n) is 8.73. The Kier molecular flexibility index (Phi) is 3.02. The summed E-state index contributed by atoms with van der Waals surface area (Å²) in [4.78, 5) is 11.3. The number of carbonyl (C=O) groups is 1. The van der Waals surface area contributed by atoms with Crippen LogP contribution in [0.25, 0.3) is 0 Å². The number of rotatable bonds is 3. The molecule has 80 valence electrons. The molecule has 15 heavy (non-hydrogen) atoms. The summed E-state index contributed by atoms with van der Waals surface area (Å²) >= 11 is 0. The van der Waals surface area contributed by atoms with Gasteiger partial charge in [0.05, 0.1) is 25.7 Å². The van der Waals surface area contributed by atoms with E-state index >= 15 is 0 Å². The molecule has 2 rings (SSSR count). The first-order chi connectivity index (χ1) is 7.31. The zero-order valence-corrected chi connectivity index (χ0v) is 8.73. The second-order valence-electron chi connectivity index (χ2n) is 3.51. The van der Waals surface area contributed by atoms with E-state index in [-0.39, 0.29) is 12.1 Å². The Morgan fingerprint density at radius 1 is 1.53 bits per heavy atom. The molecule has 1 unspecified atom stereocenters. The summed E-state index contributed by atoms with van der Waals surface area (Å²) in [5.74, 6) is -0.195. The molecular weight excluding hydrogens is 192 g/mol. The van der Waals surface area contributed by atoms with Crippen molar-refractivity contribution < 1.29 is 14.3 Å². The van der Waals surface area contributed by atoms with Gasteiger partial charge in [0, 0.05) is 0 Å². The summed E-state index contributed by atoms with van der Waals surface area (Å²) in [5.41, 5.74) is 2.29. The topological polar surface area (TPSA) is 35.5 Å². The maximum atomic E-state index is 11.3. The van der Waals surface area contributed by atoms with E-state index in [9.17, 15) is 4.79 Å². The molecule has 0 spiro atoms. The van der Waals surface area contributed by atoms with Gasteiger partial charge in [-0.05, 0) is 18.1 Å². The third kappa shape index (κ3) is 2.18. The summed E-state index contributed by atoms with van der Waals surface area (Å²) in [5, 5.41) is 0. The van der Waals surface area contributed by atoms with E-state index in [1.807, 2.05) is 24.3 Å². The minimum atomic E-state index is -0.195. The van der Waals surface area contributed by atoms with Crippen molar-refractivity contribution in [2.75, 3.05) is 6.61 Å². The lowest BCUT2D eigenvalue weighted by Gasteiger charge is -2.09. The summed E-state index contributed by atoms with van der Waals surface area (Å²) in [6.07, 6.45) is 0.186. The van der Waals surface area contributed by atoms with Crippen LogP contribution in [0.15, 0.2) is 24.3 Å². The van der Waals surface area contributed by atoms with E-state index in [0.717, 1.165) is 5.56 Å². The standard InChI is InChI=1S/C12H14O3/c1-2-14-12(13)7-11-10-6-4-3-5-9(10)8-15-11/h3-6,11H,2,7-8H2,1H3. The molecule has 1 atom stereocenters. The Morgan fingerprint density at radius 2 is 2.33 bits per heavy atom. The first-order valence-corrected chi connectivity index (χ1v) is 5.16. The van der Waals surface area contributed by atoms with Gasteiger partial charge in [-0.15, -0.1) is 0 Å². The van der Waals surface area contributed by atoms with Crippen LogP contribution in [0.1, 0.15) is 30.6 Å². The van der Waals surface area contributed by atoms with Crippen molar-refractivity contribution in [1.29, 1.82) is 0 Å². The van der Waals surface area contributed by atoms with Crippen molar-refractivity contribution >= 4 is 5.97 Å². The van der Waals surface area contributed by atoms with Crippen molar-refractivity contribution in [3.05, 3.63) is 35.4 Å². The highest BCUT2D eigenvalue weighted by Gasteiger charge is 2.25. The Morgan fingerprint density at radius 3 is 3.13 bits per heavy atom. The molecule has 0 aromatic heterocycles. The fourth-order valence-electron chi connectivity index (χ4n) is 1.80. The summed E-state index contributed by atoms with van der Waals surface area (Å²) in [6, 6.07) is 7.98. The van der Waals surface area contributed by atoms with E-state index in [0.29, 0.717) is 19.6 Å². The molecule has 0 saturated heterocycles. The fraction of sp³-hybridized carbons (Fsp3) is 0.417. The van der Waals surface area contributed by atoms with Gasteiger partial charge in [-0.3, -0.25) is 4.79 Å². The van der Waals surface area contributed by atoms with Crippen molar-refractivity contribution in [3.8, 4) is 0 Å². The summed E-state index contributed by atoms with van der Waals surface area (Å²) < 4.78 is 10.4. The van der Waals surface area contributed by atoms with Crippen LogP contribution in [-0.2, 0) is 20.9 Å². The molecule has 1 aliphatic rings. The number of esters is 1. The quantitative estimate of drug-likeness (QED) is 0.711. The van der Waals surface area contributed by atoms with Crippen molar-refractivity contribution in [2.45, 2.75) is 26.1 Å². The van der Waals surface area contributed by atoms with Crippen LogP contribution in [0.2, 0.25) is 0 Å². The van der Waals surface area contributed by atoms with Gasteiger partial charge in [0.15, 0.2) is 0 Å². The number of carbonyl (C=O) groups excluding carboxylic acids is 1. The van der Waals surface area contributed by atoms with Gasteiger partial charge < -0.3 is 9.47 Å². The number of fused-ring (bicyclic) bond motifs is 1. The minimum absolute atomic E-state index is 0.125. The Hall–Kier alpha value is -1.35. The van der Waals surface area contributed by atoms with Gasteiger partial charge >= 0.3 is 5.97 Å². The third-order valence-corrected chi connectivity index (χ3v) is 2.50. The molecule has 3 heteroatoms. The number of ether oxygens (including phenoxy) is 2. The Balaban J connectivity index is 2.04. The fourth-order valence-corrected chi connectivity index (χ4v) is 1.80. The second kappa shape index (κ2) is 4.45. The predicted molar refractivity (Wildman–Crippen MR) is 55.2 cm³/mol. The molecule has 0 radical (unpaired) electrons. The van der Waals surface area contributed by atoms with Gasteiger partial charge in [-0.1, -0.05) is 24.3 Å². The lowest BCUT2D eigenvalue weighted by molar-refractivity contribution is -0.146. The van der Waals surface area contributed by atoms with Gasteiger partial charge in [0.1, 0.15) is 0 Å². The molecule has 3 nitrogen and oxygen atoms in total. The van der Waals surface area contributed by atoms with Crippen LogP contribution in [0, 0.1) is 0 Å². The smallest absolute Gasteiger partial charge is 0.308 e. The SMILES string of the molecule is CCOC(=O)CC1OCc2ccccc21. The molecule has 1 aromatic carbocycles. The van der Waals surface area contributed by atoms with Gasteiger partial charge in [0.25, 0.3) is 0 Å². The van der Waals surface area contributed by atoms with Crippen LogP contribution in [-0.4, -0.2) is 12.6 Å². The first-order valence-electron chi connectivity index (χ1n) is 5.16. The molecule has 0 saturated carbocycles. The normalized spacial score (nSPS) is 18.6. The summed E-state index contributed by atoms with van der Waals surface area (Å²) in [7, 11) is 0. The van der Waals surface area contributed by atoms with Crippen LogP contribution in [0.4, 0.5) is 0 Å². The lowest BCUT2D eigenvalue weighted by Crippen LogP contribution is -2.09. The van der Waals surface area contributed by atoms with E-state index in [2.05, 4.69) is 0 Å². The zero-order chi connectivity index (χ0) is 10.7. The van der Waals surface area contributed by atoms with Crippen molar-refractivity contribution in [1.82, 2.24) is 0 Å². The van der Waals surface area contributed by atoms with Crippen LogP contribution in [0.5, 0.6) is 0 Å². The van der Waals surface area contributed by atoms with Gasteiger partial charge in [-0.25, -0.2) is 0 Å². The Bertz CT molecular complexity index is 360. The predicted octanol–water partition coefficient (Wildman–Crippen LogP) is 2.21. The monoisotopic (exact) mass is 206 g/mol. The number of benzene rings is 1. The van der Waals surface area contributed by atoms with E-state index in [4.69, 9.17) is 9.47 Å². The molecule has 1 heterocycles. The average molecular weight is 206 g/mol.